The number of piperazine rings is 1. The van der Waals surface area contributed by atoms with Gasteiger partial charge in [-0.15, -0.1) is 0 Å². The molecule has 0 bridgehead atoms. The van der Waals surface area contributed by atoms with Crippen LogP contribution in [0.3, 0.4) is 0 Å². The first-order chi connectivity index (χ1) is 14.1. The van der Waals surface area contributed by atoms with E-state index in [1.807, 2.05) is 36.1 Å². The quantitative estimate of drug-likeness (QED) is 0.582. The molecule has 1 fully saturated rings. The lowest BCUT2D eigenvalue weighted by Crippen LogP contribution is -2.49. The molecule has 1 aromatic carbocycles. The molecule has 4 rings (SSSR count). The fourth-order valence-electron chi connectivity index (χ4n) is 3.17. The standard InChI is InChI=1S/C20H21BrN6O2/c1-14-2-4-15(5-3-14)19-24-17(29-25-19)6-7-18(28)26-8-10-27(11-9-26)20-22-12-16(21)13-23-20/h2-5,12-13H,6-11H2,1H3. The molecule has 150 valence electrons. The van der Waals surface area contributed by atoms with Crippen LogP contribution in [0.5, 0.6) is 0 Å². The lowest BCUT2D eigenvalue weighted by atomic mass is 10.1. The largest absolute Gasteiger partial charge is 0.339 e. The molecule has 3 aromatic rings. The average Bonchev–Trinajstić information content (AvgIpc) is 3.22. The summed E-state index contributed by atoms with van der Waals surface area (Å²) in [5, 5.41) is 4.02. The Morgan fingerprint density at radius 3 is 2.48 bits per heavy atom. The summed E-state index contributed by atoms with van der Waals surface area (Å²) in [4.78, 5) is 29.5. The van der Waals surface area contributed by atoms with Gasteiger partial charge < -0.3 is 14.3 Å². The number of aromatic nitrogens is 4. The number of aryl methyl sites for hydroxylation is 2. The normalized spacial score (nSPS) is 14.3. The predicted molar refractivity (Wildman–Crippen MR) is 111 cm³/mol. The van der Waals surface area contributed by atoms with Crippen molar-refractivity contribution in [3.63, 3.8) is 0 Å². The highest BCUT2D eigenvalue weighted by atomic mass is 79.9. The van der Waals surface area contributed by atoms with E-state index in [-0.39, 0.29) is 5.91 Å². The molecule has 1 saturated heterocycles. The number of nitrogens with zero attached hydrogens (tertiary/aromatic N) is 6. The Morgan fingerprint density at radius 2 is 1.79 bits per heavy atom. The van der Waals surface area contributed by atoms with Crippen LogP contribution in [0, 0.1) is 6.92 Å². The number of benzene rings is 1. The van der Waals surface area contributed by atoms with E-state index in [0.717, 1.165) is 10.0 Å². The number of hydrogen-bond acceptors (Lipinski definition) is 7. The molecule has 0 spiro atoms. The topological polar surface area (TPSA) is 88.3 Å². The molecular formula is C20H21BrN6O2. The third-order valence-electron chi connectivity index (χ3n) is 4.85. The van der Waals surface area contributed by atoms with Crippen molar-refractivity contribution in [3.8, 4) is 11.4 Å². The minimum absolute atomic E-state index is 0.0939. The van der Waals surface area contributed by atoms with Crippen LogP contribution in [0.15, 0.2) is 45.7 Å². The van der Waals surface area contributed by atoms with Crippen molar-refractivity contribution >= 4 is 27.8 Å². The van der Waals surface area contributed by atoms with Crippen LogP contribution in [-0.2, 0) is 11.2 Å². The van der Waals surface area contributed by atoms with E-state index in [1.165, 1.54) is 5.56 Å². The maximum absolute atomic E-state index is 12.6. The van der Waals surface area contributed by atoms with Crippen LogP contribution >= 0.6 is 15.9 Å². The highest BCUT2D eigenvalue weighted by Gasteiger charge is 2.23. The molecule has 29 heavy (non-hydrogen) atoms. The smallest absolute Gasteiger partial charge is 0.227 e. The molecule has 0 N–H and O–H groups in total. The van der Waals surface area contributed by atoms with E-state index in [2.05, 4.69) is 40.9 Å². The molecule has 0 aliphatic carbocycles. The van der Waals surface area contributed by atoms with Gasteiger partial charge in [-0.2, -0.15) is 4.98 Å². The molecule has 1 aliphatic heterocycles. The Labute approximate surface area is 177 Å². The Kier molecular flexibility index (Phi) is 5.84. The van der Waals surface area contributed by atoms with Crippen LogP contribution < -0.4 is 4.90 Å². The molecule has 1 aliphatic rings. The van der Waals surface area contributed by atoms with Gasteiger partial charge in [0.1, 0.15) is 0 Å². The van der Waals surface area contributed by atoms with Gasteiger partial charge in [0.2, 0.25) is 23.6 Å². The number of amides is 1. The minimum atomic E-state index is 0.0939. The summed E-state index contributed by atoms with van der Waals surface area (Å²) in [6.45, 7) is 4.76. The Balaban J connectivity index is 1.27. The number of halogens is 1. The Hall–Kier alpha value is -2.81. The van der Waals surface area contributed by atoms with E-state index >= 15 is 0 Å². The number of rotatable bonds is 5. The summed E-state index contributed by atoms with van der Waals surface area (Å²) in [5.41, 5.74) is 2.08. The van der Waals surface area contributed by atoms with Crippen molar-refractivity contribution in [2.45, 2.75) is 19.8 Å². The molecule has 8 nitrogen and oxygen atoms in total. The fourth-order valence-corrected chi connectivity index (χ4v) is 3.38. The summed E-state index contributed by atoms with van der Waals surface area (Å²) < 4.78 is 6.16. The van der Waals surface area contributed by atoms with Crippen molar-refractivity contribution in [2.75, 3.05) is 31.1 Å². The van der Waals surface area contributed by atoms with E-state index in [1.54, 1.807) is 12.4 Å². The third-order valence-corrected chi connectivity index (χ3v) is 5.26. The van der Waals surface area contributed by atoms with Gasteiger partial charge in [-0.3, -0.25) is 4.79 Å². The zero-order valence-corrected chi connectivity index (χ0v) is 17.7. The molecule has 9 heteroatoms. The maximum atomic E-state index is 12.6. The number of carbonyl (C=O) groups is 1. The van der Waals surface area contributed by atoms with Crippen molar-refractivity contribution < 1.29 is 9.32 Å². The highest BCUT2D eigenvalue weighted by molar-refractivity contribution is 9.10. The molecule has 1 amide bonds. The second-order valence-corrected chi connectivity index (χ2v) is 7.86. The van der Waals surface area contributed by atoms with Crippen molar-refractivity contribution in [2.24, 2.45) is 0 Å². The lowest BCUT2D eigenvalue weighted by molar-refractivity contribution is -0.131. The summed E-state index contributed by atoms with van der Waals surface area (Å²) in [5.74, 6) is 1.82. The number of hydrogen-bond donors (Lipinski definition) is 0. The average molecular weight is 457 g/mol. The van der Waals surface area contributed by atoms with Gasteiger partial charge in [0.25, 0.3) is 0 Å². The molecular weight excluding hydrogens is 436 g/mol. The first kappa shape index (κ1) is 19.5. The number of anilines is 1. The zero-order valence-electron chi connectivity index (χ0n) is 16.1. The van der Waals surface area contributed by atoms with Gasteiger partial charge >= 0.3 is 0 Å². The Bertz CT molecular complexity index is 965. The van der Waals surface area contributed by atoms with Crippen LogP contribution in [0.4, 0.5) is 5.95 Å². The Morgan fingerprint density at radius 1 is 1.10 bits per heavy atom. The van der Waals surface area contributed by atoms with Crippen LogP contribution in [0.25, 0.3) is 11.4 Å². The summed E-state index contributed by atoms with van der Waals surface area (Å²) in [6, 6.07) is 7.94. The van der Waals surface area contributed by atoms with Gasteiger partial charge in [-0.25, -0.2) is 9.97 Å². The monoisotopic (exact) mass is 456 g/mol. The molecule has 0 saturated carbocycles. The second kappa shape index (κ2) is 8.69. The minimum Gasteiger partial charge on any atom is -0.339 e. The van der Waals surface area contributed by atoms with Gasteiger partial charge in [0.05, 0.1) is 4.47 Å². The summed E-state index contributed by atoms with van der Waals surface area (Å²) in [6.07, 6.45) is 4.25. The summed E-state index contributed by atoms with van der Waals surface area (Å²) in [7, 11) is 0. The lowest BCUT2D eigenvalue weighted by Gasteiger charge is -2.34. The van der Waals surface area contributed by atoms with E-state index in [0.29, 0.717) is 56.7 Å². The van der Waals surface area contributed by atoms with E-state index in [9.17, 15) is 4.79 Å². The van der Waals surface area contributed by atoms with Crippen molar-refractivity contribution in [3.05, 3.63) is 52.6 Å². The van der Waals surface area contributed by atoms with E-state index in [4.69, 9.17) is 4.52 Å². The predicted octanol–water partition coefficient (Wildman–Crippen LogP) is 2.88. The third kappa shape index (κ3) is 4.79. The van der Waals surface area contributed by atoms with Crippen molar-refractivity contribution in [1.82, 2.24) is 25.0 Å². The van der Waals surface area contributed by atoms with E-state index < -0.39 is 0 Å². The zero-order chi connectivity index (χ0) is 20.2. The number of carbonyl (C=O) groups excluding carboxylic acids is 1. The summed E-state index contributed by atoms with van der Waals surface area (Å²) >= 11 is 3.34. The highest BCUT2D eigenvalue weighted by Crippen LogP contribution is 2.18. The molecule has 0 atom stereocenters. The van der Waals surface area contributed by atoms with Gasteiger partial charge in [0.15, 0.2) is 0 Å². The molecule has 0 radical (unpaired) electrons. The van der Waals surface area contributed by atoms with Gasteiger partial charge in [-0.05, 0) is 22.9 Å². The maximum Gasteiger partial charge on any atom is 0.227 e. The second-order valence-electron chi connectivity index (χ2n) is 6.95. The molecule has 0 unspecified atom stereocenters. The SMILES string of the molecule is Cc1ccc(-c2noc(CCC(=O)N3CCN(c4ncc(Br)cn4)CC3)n2)cc1. The first-order valence-corrected chi connectivity index (χ1v) is 10.3. The fraction of sp³-hybridized carbons (Fsp3) is 0.350. The molecule has 2 aromatic heterocycles. The van der Waals surface area contributed by atoms with Crippen LogP contribution in [-0.4, -0.2) is 57.1 Å². The van der Waals surface area contributed by atoms with Gasteiger partial charge in [0, 0.05) is 57.0 Å². The first-order valence-electron chi connectivity index (χ1n) is 9.48. The molecule has 3 heterocycles. The van der Waals surface area contributed by atoms with Gasteiger partial charge in [-0.1, -0.05) is 35.0 Å². The van der Waals surface area contributed by atoms with Crippen LogP contribution in [0.2, 0.25) is 0 Å². The van der Waals surface area contributed by atoms with Crippen LogP contribution in [0.1, 0.15) is 17.9 Å². The van der Waals surface area contributed by atoms with Crippen molar-refractivity contribution in [1.29, 1.82) is 0 Å².